The maximum absolute atomic E-state index is 12.5. The fourth-order valence-electron chi connectivity index (χ4n) is 2.61. The van der Waals surface area contributed by atoms with Crippen LogP contribution in [0.4, 0.5) is 4.39 Å². The Morgan fingerprint density at radius 1 is 1.46 bits per heavy atom. The minimum Gasteiger partial charge on any atom is -0.489 e. The van der Waals surface area contributed by atoms with Crippen LogP contribution < -0.4 is 15.8 Å². The second kappa shape index (κ2) is 10.1. The Bertz CT molecular complexity index is 680. The quantitative estimate of drug-likeness (QED) is 0.749. The van der Waals surface area contributed by atoms with Crippen molar-refractivity contribution in [1.29, 1.82) is 0 Å². The first-order valence-electron chi connectivity index (χ1n) is 8.27. The summed E-state index contributed by atoms with van der Waals surface area (Å²) in [6.07, 6.45) is 1.08. The molecule has 1 aromatic carbocycles. The highest BCUT2D eigenvalue weighted by Crippen LogP contribution is 2.24. The number of nitrogens with two attached hydrogens (primary N) is 1. The van der Waals surface area contributed by atoms with Gasteiger partial charge in [0, 0.05) is 30.3 Å². The van der Waals surface area contributed by atoms with E-state index in [-0.39, 0.29) is 50.0 Å². The lowest BCUT2D eigenvalue weighted by atomic mass is 9.98. The summed E-state index contributed by atoms with van der Waals surface area (Å²) in [6, 6.07) is 5.17. The minimum absolute atomic E-state index is 0. The summed E-state index contributed by atoms with van der Waals surface area (Å²) in [5, 5.41) is 2.78. The molecule has 0 bridgehead atoms. The number of nitrogens with zero attached hydrogens (tertiary/aromatic N) is 1. The summed E-state index contributed by atoms with van der Waals surface area (Å²) in [7, 11) is 0. The van der Waals surface area contributed by atoms with Crippen LogP contribution in [0.15, 0.2) is 30.1 Å². The van der Waals surface area contributed by atoms with Crippen LogP contribution in [-0.4, -0.2) is 49.0 Å². The van der Waals surface area contributed by atoms with Crippen LogP contribution in [0.5, 0.6) is 5.75 Å². The molecule has 1 aromatic rings. The zero-order valence-electron chi connectivity index (χ0n) is 15.0. The Morgan fingerprint density at radius 2 is 2.19 bits per heavy atom. The number of rotatable bonds is 7. The van der Waals surface area contributed by atoms with Crippen molar-refractivity contribution >= 4 is 24.2 Å². The van der Waals surface area contributed by atoms with Crippen LogP contribution in [0.2, 0.25) is 0 Å². The van der Waals surface area contributed by atoms with Crippen LogP contribution in [0, 0.1) is 0 Å². The average molecular weight is 386 g/mol. The second-order valence-corrected chi connectivity index (χ2v) is 6.28. The van der Waals surface area contributed by atoms with Gasteiger partial charge >= 0.3 is 0 Å². The molecule has 0 aromatic heterocycles. The minimum atomic E-state index is -0.169. The van der Waals surface area contributed by atoms with Gasteiger partial charge in [-0.15, -0.1) is 12.4 Å². The number of fused-ring (bicyclic) bond motifs is 1. The van der Waals surface area contributed by atoms with Crippen LogP contribution in [0.3, 0.4) is 0 Å². The van der Waals surface area contributed by atoms with Crippen molar-refractivity contribution in [3.63, 3.8) is 0 Å². The molecule has 0 saturated carbocycles. The normalized spacial score (nSPS) is 14.0. The van der Waals surface area contributed by atoms with E-state index in [0.717, 1.165) is 5.56 Å². The van der Waals surface area contributed by atoms with Crippen LogP contribution in [-0.2, 0) is 11.2 Å². The fraction of sp³-hybridized carbons (Fsp3) is 0.444. The largest absolute Gasteiger partial charge is 0.489 e. The molecule has 6 nitrogen and oxygen atoms in total. The Kier molecular flexibility index (Phi) is 8.54. The molecule has 0 atom stereocenters. The number of ether oxygens (including phenoxy) is 1. The van der Waals surface area contributed by atoms with E-state index in [4.69, 9.17) is 10.5 Å². The van der Waals surface area contributed by atoms with Gasteiger partial charge in [0.1, 0.15) is 12.4 Å². The lowest BCUT2D eigenvalue weighted by molar-refractivity contribution is -0.122. The zero-order valence-corrected chi connectivity index (χ0v) is 15.8. The van der Waals surface area contributed by atoms with E-state index < -0.39 is 0 Å². The predicted octanol–water partition coefficient (Wildman–Crippen LogP) is 1.82. The summed E-state index contributed by atoms with van der Waals surface area (Å²) < 4.78 is 18.0. The number of carbonyl (C=O) groups is 2. The summed E-state index contributed by atoms with van der Waals surface area (Å²) in [5.41, 5.74) is 7.18. The first kappa shape index (κ1) is 21.9. The van der Waals surface area contributed by atoms with Crippen molar-refractivity contribution in [3.8, 4) is 5.75 Å². The van der Waals surface area contributed by atoms with Crippen molar-refractivity contribution < 1.29 is 18.7 Å². The lowest BCUT2D eigenvalue weighted by Gasteiger charge is -2.28. The number of hydrogen-bond acceptors (Lipinski definition) is 4. The highest BCUT2D eigenvalue weighted by molar-refractivity contribution is 5.98. The molecule has 0 saturated heterocycles. The number of halogens is 2. The van der Waals surface area contributed by atoms with E-state index in [9.17, 15) is 14.0 Å². The van der Waals surface area contributed by atoms with Crippen LogP contribution in [0.25, 0.3) is 0 Å². The Hall–Kier alpha value is -2.12. The maximum Gasteiger partial charge on any atom is 0.254 e. The third kappa shape index (κ3) is 5.71. The van der Waals surface area contributed by atoms with E-state index >= 15 is 0 Å². The molecule has 1 heterocycles. The van der Waals surface area contributed by atoms with E-state index in [1.165, 1.54) is 0 Å². The third-order valence-corrected chi connectivity index (χ3v) is 3.87. The van der Waals surface area contributed by atoms with Gasteiger partial charge in [-0.3, -0.25) is 9.59 Å². The molecule has 3 N–H and O–H groups in total. The standard InChI is InChI=1S/C18H24FN3O3.ClH/c1-12(2)21-17(23)10-22-6-5-14-7-15(3-4-16(14)18(22)24)25-11-13(8-19)9-20;/h3-4,7-8,12H,5-6,9-11,20H2,1-2H3,(H,21,23);1H/b13-8+;. The van der Waals surface area contributed by atoms with Gasteiger partial charge in [0.15, 0.2) is 0 Å². The molecule has 0 radical (unpaired) electrons. The highest BCUT2D eigenvalue weighted by atomic mass is 35.5. The monoisotopic (exact) mass is 385 g/mol. The van der Waals surface area contributed by atoms with Crippen LogP contribution >= 0.6 is 12.4 Å². The summed E-state index contributed by atoms with van der Waals surface area (Å²) in [6.45, 7) is 4.44. The van der Waals surface area contributed by atoms with E-state index in [1.54, 1.807) is 23.1 Å². The number of carbonyl (C=O) groups excluding carboxylic acids is 2. The number of benzene rings is 1. The van der Waals surface area contributed by atoms with Gasteiger partial charge < -0.3 is 20.7 Å². The molecule has 0 aliphatic carbocycles. The second-order valence-electron chi connectivity index (χ2n) is 6.28. The predicted molar refractivity (Wildman–Crippen MR) is 100 cm³/mol. The van der Waals surface area contributed by atoms with Gasteiger partial charge in [-0.25, -0.2) is 4.39 Å². The van der Waals surface area contributed by atoms with Gasteiger partial charge in [-0.1, -0.05) is 0 Å². The van der Waals surface area contributed by atoms with Gasteiger partial charge in [0.2, 0.25) is 5.91 Å². The van der Waals surface area contributed by atoms with Crippen LogP contribution in [0.1, 0.15) is 29.8 Å². The first-order valence-corrected chi connectivity index (χ1v) is 8.27. The van der Waals surface area contributed by atoms with Gasteiger partial charge in [0.25, 0.3) is 5.91 Å². The third-order valence-electron chi connectivity index (χ3n) is 3.87. The summed E-state index contributed by atoms with van der Waals surface area (Å²) in [5.74, 6) is 0.224. The van der Waals surface area contributed by atoms with Crippen molar-refractivity contribution in [2.75, 3.05) is 26.2 Å². The molecule has 144 valence electrons. The molecular weight excluding hydrogens is 361 g/mol. The smallest absolute Gasteiger partial charge is 0.254 e. The molecule has 2 amide bonds. The molecule has 26 heavy (non-hydrogen) atoms. The molecule has 1 aliphatic rings. The Morgan fingerprint density at radius 3 is 2.81 bits per heavy atom. The average Bonchev–Trinajstić information content (AvgIpc) is 2.57. The van der Waals surface area contributed by atoms with Gasteiger partial charge in [-0.2, -0.15) is 0 Å². The molecule has 0 fully saturated rings. The number of hydrogen-bond donors (Lipinski definition) is 2. The summed E-state index contributed by atoms with van der Waals surface area (Å²) >= 11 is 0. The van der Waals surface area contributed by atoms with E-state index in [0.29, 0.717) is 36.2 Å². The highest BCUT2D eigenvalue weighted by Gasteiger charge is 2.26. The maximum atomic E-state index is 12.5. The number of amides is 2. The lowest BCUT2D eigenvalue weighted by Crippen LogP contribution is -2.45. The zero-order chi connectivity index (χ0) is 18.4. The molecular formula is C18H25ClFN3O3. The van der Waals surface area contributed by atoms with E-state index in [2.05, 4.69) is 5.32 Å². The Labute approximate surface area is 159 Å². The van der Waals surface area contributed by atoms with Gasteiger partial charge in [-0.05, 0) is 44.0 Å². The molecule has 0 unspecified atom stereocenters. The molecule has 1 aliphatic heterocycles. The van der Waals surface area contributed by atoms with E-state index in [1.807, 2.05) is 13.8 Å². The van der Waals surface area contributed by atoms with Crippen molar-refractivity contribution in [2.24, 2.45) is 5.73 Å². The van der Waals surface area contributed by atoms with Crippen molar-refractivity contribution in [1.82, 2.24) is 10.2 Å². The number of nitrogens with one attached hydrogen (secondary N) is 1. The summed E-state index contributed by atoms with van der Waals surface area (Å²) in [4.78, 5) is 25.9. The fourth-order valence-corrected chi connectivity index (χ4v) is 2.61. The Balaban J connectivity index is 0.00000338. The van der Waals surface area contributed by atoms with Crippen molar-refractivity contribution in [2.45, 2.75) is 26.3 Å². The van der Waals surface area contributed by atoms with Gasteiger partial charge in [0.05, 0.1) is 12.9 Å². The SMILES string of the molecule is CC(C)NC(=O)CN1CCc2cc(OC/C(=C/F)CN)ccc2C1=O.Cl. The molecule has 2 rings (SSSR count). The molecule has 8 heteroatoms. The van der Waals surface area contributed by atoms with Crippen molar-refractivity contribution in [3.05, 3.63) is 41.2 Å². The molecule has 0 spiro atoms. The first-order chi connectivity index (χ1) is 11.9. The topological polar surface area (TPSA) is 84.7 Å².